The van der Waals surface area contributed by atoms with Crippen LogP contribution in [0.1, 0.15) is 32.1 Å². The number of unbranched alkanes of at least 4 members (excludes halogenated alkanes) is 3. The van der Waals surface area contributed by atoms with Gasteiger partial charge in [-0.1, -0.05) is 12.8 Å². The van der Waals surface area contributed by atoms with Gasteiger partial charge in [-0.3, -0.25) is 4.79 Å². The molecule has 1 saturated heterocycles. The van der Waals surface area contributed by atoms with Crippen molar-refractivity contribution >= 4 is 21.8 Å². The van der Waals surface area contributed by atoms with E-state index in [9.17, 15) is 18.0 Å². The Morgan fingerprint density at radius 1 is 1.05 bits per heavy atom. The zero-order valence-electron chi connectivity index (χ0n) is 11.5. The van der Waals surface area contributed by atoms with Gasteiger partial charge in [-0.15, -0.1) is 0 Å². The molecule has 8 heteroatoms. The number of rotatable bonds is 7. The summed E-state index contributed by atoms with van der Waals surface area (Å²) >= 11 is 0. The van der Waals surface area contributed by atoms with Gasteiger partial charge in [-0.25, -0.2) is 13.2 Å². The molecule has 0 aromatic heterocycles. The fourth-order valence-electron chi connectivity index (χ4n) is 1.98. The summed E-state index contributed by atoms with van der Waals surface area (Å²) in [6.45, 7) is 1.05. The van der Waals surface area contributed by atoms with Gasteiger partial charge in [0.25, 0.3) is 0 Å². The molecule has 20 heavy (non-hydrogen) atoms. The third kappa shape index (κ3) is 6.74. The number of hydrogen-bond acceptors (Lipinski definition) is 4. The number of carboxylic acid groups (broad SMARTS) is 1. The zero-order chi connectivity index (χ0) is 15.0. The smallest absolute Gasteiger partial charge is 0.317 e. The second-order valence-corrected chi connectivity index (χ2v) is 7.23. The standard InChI is InChI=1S/C12H22N2O5S/c15-11(16)5-3-1-2-4-6-13-12(17)14-7-9-20(18,19)10-8-14/h1-10H2,(H,13,17)(H,15,16). The highest BCUT2D eigenvalue weighted by atomic mass is 32.2. The van der Waals surface area contributed by atoms with E-state index in [1.807, 2.05) is 0 Å². The third-order valence-electron chi connectivity index (χ3n) is 3.23. The minimum atomic E-state index is -2.96. The van der Waals surface area contributed by atoms with Crippen molar-refractivity contribution in [2.45, 2.75) is 32.1 Å². The lowest BCUT2D eigenvalue weighted by Crippen LogP contribution is -2.48. The fraction of sp³-hybridized carbons (Fsp3) is 0.833. The topological polar surface area (TPSA) is 104 Å². The number of carbonyl (C=O) groups is 2. The highest BCUT2D eigenvalue weighted by Gasteiger charge is 2.24. The fourth-order valence-corrected chi connectivity index (χ4v) is 3.18. The lowest BCUT2D eigenvalue weighted by Gasteiger charge is -2.26. The normalized spacial score (nSPS) is 17.7. The summed E-state index contributed by atoms with van der Waals surface area (Å²) in [7, 11) is -2.96. The first-order valence-corrected chi connectivity index (χ1v) is 8.68. The Labute approximate surface area is 119 Å². The molecule has 0 aliphatic carbocycles. The van der Waals surface area contributed by atoms with E-state index in [0.29, 0.717) is 13.0 Å². The number of nitrogens with one attached hydrogen (secondary N) is 1. The first-order valence-electron chi connectivity index (χ1n) is 6.86. The van der Waals surface area contributed by atoms with Gasteiger partial charge in [0.2, 0.25) is 0 Å². The van der Waals surface area contributed by atoms with Crippen molar-refractivity contribution in [3.8, 4) is 0 Å². The van der Waals surface area contributed by atoms with Crippen molar-refractivity contribution in [3.05, 3.63) is 0 Å². The third-order valence-corrected chi connectivity index (χ3v) is 4.83. The Kier molecular flexibility index (Phi) is 6.77. The maximum atomic E-state index is 11.7. The Hall–Kier alpha value is -1.31. The number of sulfone groups is 1. The van der Waals surface area contributed by atoms with Crippen LogP contribution >= 0.6 is 0 Å². The monoisotopic (exact) mass is 306 g/mol. The van der Waals surface area contributed by atoms with Gasteiger partial charge in [0.15, 0.2) is 9.84 Å². The molecule has 1 rings (SSSR count). The summed E-state index contributed by atoms with van der Waals surface area (Å²) in [6, 6.07) is -0.217. The van der Waals surface area contributed by atoms with Crippen LogP contribution in [0.25, 0.3) is 0 Å². The van der Waals surface area contributed by atoms with E-state index >= 15 is 0 Å². The van der Waals surface area contributed by atoms with Crippen LogP contribution in [0, 0.1) is 0 Å². The molecule has 2 N–H and O–H groups in total. The van der Waals surface area contributed by atoms with Crippen LogP contribution in [0.5, 0.6) is 0 Å². The summed E-state index contributed by atoms with van der Waals surface area (Å²) in [5.41, 5.74) is 0. The molecule has 0 radical (unpaired) electrons. The van der Waals surface area contributed by atoms with E-state index in [1.54, 1.807) is 0 Å². The molecule has 1 aliphatic heterocycles. The molecule has 116 valence electrons. The van der Waals surface area contributed by atoms with Gasteiger partial charge in [0.05, 0.1) is 11.5 Å². The van der Waals surface area contributed by atoms with E-state index in [1.165, 1.54) is 4.90 Å². The molecule has 0 atom stereocenters. The number of nitrogens with zero attached hydrogens (tertiary/aromatic N) is 1. The first kappa shape index (κ1) is 16.7. The zero-order valence-corrected chi connectivity index (χ0v) is 12.3. The summed E-state index contributed by atoms with van der Waals surface area (Å²) in [5.74, 6) is -0.705. The number of amides is 2. The summed E-state index contributed by atoms with van der Waals surface area (Å²) in [4.78, 5) is 23.5. The second-order valence-electron chi connectivity index (χ2n) is 4.93. The predicted molar refractivity (Wildman–Crippen MR) is 74.3 cm³/mol. The quantitative estimate of drug-likeness (QED) is 0.665. The Morgan fingerprint density at radius 2 is 1.65 bits per heavy atom. The maximum absolute atomic E-state index is 11.7. The Bertz CT molecular complexity index is 421. The highest BCUT2D eigenvalue weighted by molar-refractivity contribution is 7.91. The molecular weight excluding hydrogens is 284 g/mol. The molecule has 0 bridgehead atoms. The van der Waals surface area contributed by atoms with Crippen LogP contribution in [-0.2, 0) is 14.6 Å². The molecule has 1 fully saturated rings. The maximum Gasteiger partial charge on any atom is 0.317 e. The van der Waals surface area contributed by atoms with E-state index in [-0.39, 0.29) is 37.0 Å². The molecule has 0 unspecified atom stereocenters. The first-order chi connectivity index (χ1) is 9.41. The van der Waals surface area contributed by atoms with Crippen LogP contribution in [0.15, 0.2) is 0 Å². The average molecular weight is 306 g/mol. The van der Waals surface area contributed by atoms with Crippen molar-refractivity contribution in [3.63, 3.8) is 0 Å². The number of carbonyl (C=O) groups excluding carboxylic acids is 1. The van der Waals surface area contributed by atoms with Gasteiger partial charge in [-0.05, 0) is 12.8 Å². The summed E-state index contributed by atoms with van der Waals surface area (Å²) in [5, 5.41) is 11.2. The van der Waals surface area contributed by atoms with Gasteiger partial charge in [0.1, 0.15) is 0 Å². The van der Waals surface area contributed by atoms with Crippen LogP contribution in [0.4, 0.5) is 4.79 Å². The van der Waals surface area contributed by atoms with Crippen molar-refractivity contribution < 1.29 is 23.1 Å². The molecule has 1 aliphatic rings. The number of hydrogen-bond donors (Lipinski definition) is 2. The second kappa shape index (κ2) is 8.08. The number of urea groups is 1. The molecule has 2 amide bonds. The number of carboxylic acids is 1. The van der Waals surface area contributed by atoms with Gasteiger partial charge in [-0.2, -0.15) is 0 Å². The SMILES string of the molecule is O=C(O)CCCCCCNC(=O)N1CCS(=O)(=O)CC1. The Balaban J connectivity index is 2.05. The lowest BCUT2D eigenvalue weighted by molar-refractivity contribution is -0.137. The molecule has 0 spiro atoms. The van der Waals surface area contributed by atoms with Gasteiger partial charge >= 0.3 is 12.0 Å². The molecule has 0 saturated carbocycles. The minimum Gasteiger partial charge on any atom is -0.481 e. The van der Waals surface area contributed by atoms with E-state index < -0.39 is 15.8 Å². The molecular formula is C12H22N2O5S. The molecule has 1 heterocycles. The van der Waals surface area contributed by atoms with Crippen molar-refractivity contribution in [2.75, 3.05) is 31.1 Å². The van der Waals surface area contributed by atoms with Crippen LogP contribution in [0.2, 0.25) is 0 Å². The highest BCUT2D eigenvalue weighted by Crippen LogP contribution is 2.05. The van der Waals surface area contributed by atoms with E-state index in [0.717, 1.165) is 19.3 Å². The summed E-state index contributed by atoms with van der Waals surface area (Å²) in [6.07, 6.45) is 3.37. The van der Waals surface area contributed by atoms with Gasteiger partial charge < -0.3 is 15.3 Å². The predicted octanol–water partition coefficient (Wildman–Crippen LogP) is 0.462. The van der Waals surface area contributed by atoms with Crippen molar-refractivity contribution in [1.29, 1.82) is 0 Å². The average Bonchev–Trinajstić information content (AvgIpc) is 2.37. The van der Waals surface area contributed by atoms with Crippen molar-refractivity contribution in [1.82, 2.24) is 10.2 Å². The largest absolute Gasteiger partial charge is 0.481 e. The van der Waals surface area contributed by atoms with Crippen molar-refractivity contribution in [2.24, 2.45) is 0 Å². The van der Waals surface area contributed by atoms with E-state index in [4.69, 9.17) is 5.11 Å². The molecule has 0 aromatic carbocycles. The van der Waals surface area contributed by atoms with Crippen LogP contribution in [0.3, 0.4) is 0 Å². The summed E-state index contributed by atoms with van der Waals surface area (Å²) < 4.78 is 22.5. The minimum absolute atomic E-state index is 0.0373. The molecule has 7 nitrogen and oxygen atoms in total. The van der Waals surface area contributed by atoms with Crippen LogP contribution < -0.4 is 5.32 Å². The van der Waals surface area contributed by atoms with E-state index in [2.05, 4.69) is 5.32 Å². The lowest BCUT2D eigenvalue weighted by atomic mass is 10.1. The Morgan fingerprint density at radius 3 is 2.25 bits per heavy atom. The van der Waals surface area contributed by atoms with Crippen LogP contribution in [-0.4, -0.2) is 61.6 Å². The molecule has 0 aromatic rings. The van der Waals surface area contributed by atoms with Gasteiger partial charge in [0, 0.05) is 26.1 Å². The number of aliphatic carboxylic acids is 1.